The molecule has 30 heavy (non-hydrogen) atoms. The van der Waals surface area contributed by atoms with Crippen LogP contribution in [0.15, 0.2) is 83.8 Å². The first-order valence-corrected chi connectivity index (χ1v) is 11.0. The minimum atomic E-state index is -0.440. The first-order valence-electron chi connectivity index (χ1n) is 9.34. The molecule has 0 saturated carbocycles. The van der Waals surface area contributed by atoms with Crippen molar-refractivity contribution in [3.8, 4) is 0 Å². The Morgan fingerprint density at radius 2 is 1.60 bits per heavy atom. The molecule has 0 aliphatic rings. The molecule has 0 fully saturated rings. The third-order valence-electron chi connectivity index (χ3n) is 4.29. The molecule has 1 aromatic heterocycles. The maximum Gasteiger partial charge on any atom is 0.244 e. The standard InChI is InChI=1S/C23H19N3O2S2/c1-15(27)24-17-11-13-18(14-12-17)29-21(16-7-3-2-4-8-16)22(28)26-23-25-19-9-5-6-10-20(19)30-23/h2-14,21H,1H3,(H,24,27)(H,25,26,28). The Balaban J connectivity index is 1.56. The van der Waals surface area contributed by atoms with Crippen LogP contribution >= 0.6 is 23.1 Å². The molecule has 7 heteroatoms. The van der Waals surface area contributed by atoms with Crippen LogP contribution in [0.25, 0.3) is 10.2 Å². The molecule has 1 atom stereocenters. The van der Waals surface area contributed by atoms with Crippen molar-refractivity contribution >= 4 is 55.9 Å². The zero-order valence-electron chi connectivity index (χ0n) is 16.2. The first kappa shape index (κ1) is 20.1. The number of hydrogen-bond donors (Lipinski definition) is 2. The van der Waals surface area contributed by atoms with Crippen LogP contribution in [-0.2, 0) is 9.59 Å². The number of thiazole rings is 1. The third kappa shape index (κ3) is 4.87. The fraction of sp³-hybridized carbons (Fsp3) is 0.0870. The average Bonchev–Trinajstić information content (AvgIpc) is 3.15. The molecule has 5 nitrogen and oxygen atoms in total. The summed E-state index contributed by atoms with van der Waals surface area (Å²) < 4.78 is 1.03. The molecule has 1 heterocycles. The van der Waals surface area contributed by atoms with Crippen molar-refractivity contribution in [1.82, 2.24) is 4.98 Å². The van der Waals surface area contributed by atoms with E-state index in [0.29, 0.717) is 5.13 Å². The molecule has 4 rings (SSSR count). The molecule has 0 aliphatic carbocycles. The lowest BCUT2D eigenvalue weighted by Crippen LogP contribution is -2.18. The number of aromatic nitrogens is 1. The van der Waals surface area contributed by atoms with Gasteiger partial charge >= 0.3 is 0 Å². The number of amides is 2. The van der Waals surface area contributed by atoms with Gasteiger partial charge in [0.25, 0.3) is 0 Å². The molecule has 0 bridgehead atoms. The maximum absolute atomic E-state index is 13.2. The molecule has 0 aliphatic heterocycles. The molecule has 4 aromatic rings. The summed E-state index contributed by atoms with van der Waals surface area (Å²) >= 11 is 2.92. The lowest BCUT2D eigenvalue weighted by molar-refractivity contribution is -0.116. The van der Waals surface area contributed by atoms with Gasteiger partial charge in [0.1, 0.15) is 5.25 Å². The van der Waals surface area contributed by atoms with Gasteiger partial charge in [-0.2, -0.15) is 0 Å². The molecular formula is C23H19N3O2S2. The number of para-hydroxylation sites is 1. The Kier molecular flexibility index (Phi) is 6.11. The van der Waals surface area contributed by atoms with E-state index in [1.165, 1.54) is 30.0 Å². The van der Waals surface area contributed by atoms with E-state index in [4.69, 9.17) is 0 Å². The topological polar surface area (TPSA) is 71.1 Å². The van der Waals surface area contributed by atoms with Crippen LogP contribution in [0, 0.1) is 0 Å². The van der Waals surface area contributed by atoms with Gasteiger partial charge in [0.2, 0.25) is 11.8 Å². The minimum absolute atomic E-state index is 0.118. The van der Waals surface area contributed by atoms with E-state index in [1.807, 2.05) is 78.9 Å². The summed E-state index contributed by atoms with van der Waals surface area (Å²) in [5.74, 6) is -0.246. The van der Waals surface area contributed by atoms with E-state index in [1.54, 1.807) is 0 Å². The molecule has 0 spiro atoms. The van der Waals surface area contributed by atoms with Crippen molar-refractivity contribution in [3.05, 3.63) is 84.4 Å². The van der Waals surface area contributed by atoms with Gasteiger partial charge in [-0.25, -0.2) is 4.98 Å². The third-order valence-corrected chi connectivity index (χ3v) is 6.51. The Labute approximate surface area is 182 Å². The van der Waals surface area contributed by atoms with Crippen molar-refractivity contribution in [2.75, 3.05) is 10.6 Å². The molecule has 1 unspecified atom stereocenters. The summed E-state index contributed by atoms with van der Waals surface area (Å²) in [7, 11) is 0. The second-order valence-corrected chi connectivity index (χ2v) is 8.80. The average molecular weight is 434 g/mol. The van der Waals surface area contributed by atoms with E-state index >= 15 is 0 Å². The van der Waals surface area contributed by atoms with Gasteiger partial charge in [0.15, 0.2) is 5.13 Å². The van der Waals surface area contributed by atoms with Crippen LogP contribution in [0.2, 0.25) is 0 Å². The highest BCUT2D eigenvalue weighted by molar-refractivity contribution is 8.00. The normalized spacial score (nSPS) is 11.8. The molecule has 2 amide bonds. The first-order chi connectivity index (χ1) is 14.6. The smallest absolute Gasteiger partial charge is 0.244 e. The number of benzene rings is 3. The highest BCUT2D eigenvalue weighted by Gasteiger charge is 2.23. The van der Waals surface area contributed by atoms with Crippen LogP contribution in [0.3, 0.4) is 0 Å². The number of nitrogens with zero attached hydrogens (tertiary/aromatic N) is 1. The fourth-order valence-corrected chi connectivity index (χ4v) is 4.85. The van der Waals surface area contributed by atoms with E-state index in [-0.39, 0.29) is 11.8 Å². The predicted octanol–water partition coefficient (Wildman–Crippen LogP) is 5.73. The van der Waals surface area contributed by atoms with Crippen LogP contribution in [0.5, 0.6) is 0 Å². The van der Waals surface area contributed by atoms with Crippen molar-refractivity contribution in [2.24, 2.45) is 0 Å². The monoisotopic (exact) mass is 433 g/mol. The second kappa shape index (κ2) is 9.11. The van der Waals surface area contributed by atoms with Gasteiger partial charge < -0.3 is 10.6 Å². The van der Waals surface area contributed by atoms with Gasteiger partial charge in [0, 0.05) is 17.5 Å². The summed E-state index contributed by atoms with van der Waals surface area (Å²) in [6, 6.07) is 24.9. The van der Waals surface area contributed by atoms with Gasteiger partial charge in [0.05, 0.1) is 10.2 Å². The van der Waals surface area contributed by atoms with Crippen molar-refractivity contribution in [3.63, 3.8) is 0 Å². The van der Waals surface area contributed by atoms with Gasteiger partial charge in [-0.15, -0.1) is 11.8 Å². The predicted molar refractivity (Wildman–Crippen MR) is 124 cm³/mol. The van der Waals surface area contributed by atoms with Crippen LogP contribution in [0.1, 0.15) is 17.7 Å². The maximum atomic E-state index is 13.2. The molecule has 0 saturated heterocycles. The van der Waals surface area contributed by atoms with Crippen LogP contribution < -0.4 is 10.6 Å². The Morgan fingerprint density at radius 3 is 2.30 bits per heavy atom. The minimum Gasteiger partial charge on any atom is -0.326 e. The van der Waals surface area contributed by atoms with Gasteiger partial charge in [-0.05, 0) is 42.0 Å². The lowest BCUT2D eigenvalue weighted by atomic mass is 10.1. The Hall–Kier alpha value is -3.16. The van der Waals surface area contributed by atoms with Crippen molar-refractivity contribution < 1.29 is 9.59 Å². The largest absolute Gasteiger partial charge is 0.326 e. The van der Waals surface area contributed by atoms with Crippen molar-refractivity contribution in [2.45, 2.75) is 17.1 Å². The fourth-order valence-electron chi connectivity index (χ4n) is 2.95. The highest BCUT2D eigenvalue weighted by atomic mass is 32.2. The van der Waals surface area contributed by atoms with Crippen molar-refractivity contribution in [1.29, 1.82) is 0 Å². The molecule has 0 radical (unpaired) electrons. The summed E-state index contributed by atoms with van der Waals surface area (Å²) in [5.41, 5.74) is 2.50. The summed E-state index contributed by atoms with van der Waals surface area (Å²) in [5, 5.41) is 5.88. The van der Waals surface area contributed by atoms with E-state index < -0.39 is 5.25 Å². The number of nitrogens with one attached hydrogen (secondary N) is 2. The summed E-state index contributed by atoms with van der Waals surface area (Å²) in [6.07, 6.45) is 0. The number of rotatable bonds is 6. The Bertz CT molecular complexity index is 1140. The van der Waals surface area contributed by atoms with E-state index in [0.717, 1.165) is 26.4 Å². The molecule has 3 aromatic carbocycles. The Morgan fingerprint density at radius 1 is 0.900 bits per heavy atom. The molecule has 150 valence electrons. The van der Waals surface area contributed by atoms with Crippen LogP contribution in [-0.4, -0.2) is 16.8 Å². The number of anilines is 2. The molecular weight excluding hydrogens is 414 g/mol. The number of fused-ring (bicyclic) bond motifs is 1. The van der Waals surface area contributed by atoms with E-state index in [2.05, 4.69) is 15.6 Å². The lowest BCUT2D eigenvalue weighted by Gasteiger charge is -2.16. The van der Waals surface area contributed by atoms with Gasteiger partial charge in [-0.3, -0.25) is 9.59 Å². The zero-order chi connectivity index (χ0) is 20.9. The highest BCUT2D eigenvalue weighted by Crippen LogP contribution is 2.37. The number of hydrogen-bond acceptors (Lipinski definition) is 5. The number of thioether (sulfide) groups is 1. The van der Waals surface area contributed by atoms with Crippen LogP contribution in [0.4, 0.5) is 10.8 Å². The second-order valence-electron chi connectivity index (χ2n) is 6.59. The summed E-state index contributed by atoms with van der Waals surface area (Å²) in [4.78, 5) is 29.8. The van der Waals surface area contributed by atoms with Gasteiger partial charge in [-0.1, -0.05) is 53.8 Å². The summed E-state index contributed by atoms with van der Waals surface area (Å²) in [6.45, 7) is 1.47. The zero-order valence-corrected chi connectivity index (χ0v) is 17.8. The molecule has 2 N–H and O–H groups in total. The van der Waals surface area contributed by atoms with E-state index in [9.17, 15) is 9.59 Å². The quantitative estimate of drug-likeness (QED) is 0.381. The number of carbonyl (C=O) groups excluding carboxylic acids is 2. The number of carbonyl (C=O) groups is 2. The SMILES string of the molecule is CC(=O)Nc1ccc(SC(C(=O)Nc2nc3ccccc3s2)c2ccccc2)cc1.